The van der Waals surface area contributed by atoms with Gasteiger partial charge in [0.1, 0.15) is 0 Å². The Bertz CT molecular complexity index is 671. The summed E-state index contributed by atoms with van der Waals surface area (Å²) in [5, 5.41) is 0. The topological polar surface area (TPSA) is 26.8 Å². The highest BCUT2D eigenvalue weighted by molar-refractivity contribution is 5.76. The van der Waals surface area contributed by atoms with E-state index < -0.39 is 0 Å². The van der Waals surface area contributed by atoms with Gasteiger partial charge in [0.15, 0.2) is 0 Å². The molecule has 3 aliphatic rings. The average molecular weight is 370 g/mol. The number of hydrogen-bond donors (Lipinski definition) is 0. The summed E-state index contributed by atoms with van der Waals surface area (Å²) in [5.74, 6) is 1.18. The van der Waals surface area contributed by atoms with Crippen LogP contribution in [-0.4, -0.2) is 65.9 Å². The lowest BCUT2D eigenvalue weighted by atomic mass is 9.86. The Morgan fingerprint density at radius 1 is 1.07 bits per heavy atom. The van der Waals surface area contributed by atoms with Crippen LogP contribution >= 0.6 is 0 Å². The third-order valence-corrected chi connectivity index (χ3v) is 7.15. The lowest BCUT2D eigenvalue weighted by Gasteiger charge is -2.49. The molecule has 1 aliphatic carbocycles. The largest absolute Gasteiger partial charge is 0.342 e. The van der Waals surface area contributed by atoms with Gasteiger partial charge in [-0.05, 0) is 56.2 Å². The van der Waals surface area contributed by atoms with Crippen molar-refractivity contribution in [3.8, 4) is 0 Å². The van der Waals surface area contributed by atoms with Crippen LogP contribution in [0.25, 0.3) is 0 Å². The first-order chi connectivity index (χ1) is 13.1. The first-order valence-electron chi connectivity index (χ1n) is 10.9. The van der Waals surface area contributed by atoms with E-state index in [0.717, 1.165) is 70.9 Å². The predicted molar refractivity (Wildman–Crippen MR) is 110 cm³/mol. The van der Waals surface area contributed by atoms with E-state index in [1.165, 1.54) is 24.0 Å². The fourth-order valence-corrected chi connectivity index (χ4v) is 5.01. The summed E-state index contributed by atoms with van der Waals surface area (Å²) in [6.07, 6.45) is 6.58. The van der Waals surface area contributed by atoms with Gasteiger partial charge < -0.3 is 4.90 Å². The maximum Gasteiger partial charge on any atom is 0.222 e. The Morgan fingerprint density at radius 3 is 2.59 bits per heavy atom. The maximum atomic E-state index is 12.7. The fourth-order valence-electron chi connectivity index (χ4n) is 5.01. The minimum absolute atomic E-state index is 0.160. The van der Waals surface area contributed by atoms with E-state index in [1.807, 2.05) is 0 Å². The van der Waals surface area contributed by atoms with E-state index >= 15 is 0 Å². The zero-order chi connectivity index (χ0) is 18.9. The molecule has 4 heteroatoms. The number of rotatable bonds is 5. The Kier molecular flexibility index (Phi) is 5.56. The third-order valence-electron chi connectivity index (χ3n) is 7.15. The van der Waals surface area contributed by atoms with Crippen molar-refractivity contribution in [2.45, 2.75) is 57.5 Å². The molecule has 1 aromatic rings. The number of likely N-dealkylation sites (tertiary alicyclic amines) is 1. The molecule has 4 nitrogen and oxygen atoms in total. The highest BCUT2D eigenvalue weighted by Gasteiger charge is 2.42. The van der Waals surface area contributed by atoms with Gasteiger partial charge in [0, 0.05) is 51.2 Å². The van der Waals surface area contributed by atoms with Crippen LogP contribution in [0.3, 0.4) is 0 Å². The molecule has 0 bridgehead atoms. The number of likely N-dealkylation sites (N-methyl/N-ethyl adjacent to an activating group) is 1. The summed E-state index contributed by atoms with van der Waals surface area (Å²) in [5.41, 5.74) is 3.10. The van der Waals surface area contributed by atoms with Crippen LogP contribution in [0.15, 0.2) is 24.3 Å². The van der Waals surface area contributed by atoms with Crippen molar-refractivity contribution < 1.29 is 4.79 Å². The summed E-state index contributed by atoms with van der Waals surface area (Å²) in [6.45, 7) is 8.55. The van der Waals surface area contributed by atoms with E-state index in [4.69, 9.17) is 0 Å². The van der Waals surface area contributed by atoms with Gasteiger partial charge in [0.2, 0.25) is 5.91 Å². The molecule has 27 heavy (non-hydrogen) atoms. The van der Waals surface area contributed by atoms with Gasteiger partial charge in [-0.3, -0.25) is 14.6 Å². The maximum absolute atomic E-state index is 12.7. The number of carbonyl (C=O) groups is 1. The summed E-state index contributed by atoms with van der Waals surface area (Å²) in [7, 11) is 2.28. The minimum Gasteiger partial charge on any atom is -0.342 e. The smallest absolute Gasteiger partial charge is 0.222 e. The third kappa shape index (κ3) is 4.22. The predicted octanol–water partition coefficient (Wildman–Crippen LogP) is 3.16. The van der Waals surface area contributed by atoms with Crippen LogP contribution in [0.2, 0.25) is 0 Å². The molecule has 1 aromatic carbocycles. The van der Waals surface area contributed by atoms with Crippen molar-refractivity contribution in [3.63, 3.8) is 0 Å². The van der Waals surface area contributed by atoms with Crippen LogP contribution < -0.4 is 0 Å². The Morgan fingerprint density at radius 2 is 1.85 bits per heavy atom. The highest BCUT2D eigenvalue weighted by atomic mass is 16.2. The van der Waals surface area contributed by atoms with Crippen molar-refractivity contribution in [2.24, 2.45) is 5.92 Å². The second kappa shape index (κ2) is 7.92. The van der Waals surface area contributed by atoms with Gasteiger partial charge in [0.25, 0.3) is 0 Å². The van der Waals surface area contributed by atoms with Gasteiger partial charge in [-0.1, -0.05) is 31.2 Å². The molecule has 1 saturated carbocycles. The summed E-state index contributed by atoms with van der Waals surface area (Å²) >= 11 is 0. The van der Waals surface area contributed by atoms with Crippen LogP contribution in [0.1, 0.15) is 50.2 Å². The molecule has 0 N–H and O–H groups in total. The first-order valence-corrected chi connectivity index (χ1v) is 10.9. The zero-order valence-corrected chi connectivity index (χ0v) is 17.1. The molecule has 2 heterocycles. The van der Waals surface area contributed by atoms with E-state index in [9.17, 15) is 4.79 Å². The molecule has 2 saturated heterocycles. The van der Waals surface area contributed by atoms with Gasteiger partial charge in [-0.25, -0.2) is 0 Å². The summed E-state index contributed by atoms with van der Waals surface area (Å²) < 4.78 is 0. The molecule has 0 radical (unpaired) electrons. The number of benzene rings is 1. The highest BCUT2D eigenvalue weighted by Crippen LogP contribution is 2.35. The number of amides is 1. The van der Waals surface area contributed by atoms with Gasteiger partial charge >= 0.3 is 0 Å². The molecular formula is C23H35N3O. The van der Waals surface area contributed by atoms with Crippen LogP contribution in [0, 0.1) is 5.92 Å². The molecular weight excluding hydrogens is 334 g/mol. The number of aryl methyl sites for hydroxylation is 1. The summed E-state index contributed by atoms with van der Waals surface area (Å²) in [4.78, 5) is 20.0. The van der Waals surface area contributed by atoms with E-state index in [0.29, 0.717) is 5.91 Å². The molecule has 0 unspecified atom stereocenters. The monoisotopic (exact) mass is 369 g/mol. The van der Waals surface area contributed by atoms with Crippen molar-refractivity contribution in [1.82, 2.24) is 14.7 Å². The van der Waals surface area contributed by atoms with Gasteiger partial charge in [-0.2, -0.15) is 0 Å². The van der Waals surface area contributed by atoms with Crippen molar-refractivity contribution in [1.29, 1.82) is 0 Å². The SMILES string of the molecule is CCc1ccccc1CN1CCN(C)[C@@]2(CCC(=O)N(CC3CC3)CC2)C1. The molecule has 3 fully saturated rings. The number of carbonyl (C=O) groups excluding carboxylic acids is 1. The minimum atomic E-state index is 0.160. The molecule has 1 amide bonds. The molecule has 1 spiro atoms. The second-order valence-corrected chi connectivity index (χ2v) is 9.01. The van der Waals surface area contributed by atoms with E-state index in [1.54, 1.807) is 0 Å². The van der Waals surface area contributed by atoms with E-state index in [-0.39, 0.29) is 5.54 Å². The molecule has 148 valence electrons. The standard InChI is InChI=1S/C23H35N3O/c1-3-20-6-4-5-7-21(20)17-25-15-14-24(2)23(18-25)11-10-22(27)26(13-12-23)16-19-8-9-19/h4-7,19H,3,8-18H2,1-2H3/t23-/m1/s1. The lowest BCUT2D eigenvalue weighted by Crippen LogP contribution is -2.60. The molecule has 2 aliphatic heterocycles. The number of nitrogens with zero attached hydrogens (tertiary/aromatic N) is 3. The van der Waals surface area contributed by atoms with Gasteiger partial charge in [-0.15, -0.1) is 0 Å². The molecule has 1 atom stereocenters. The van der Waals surface area contributed by atoms with Crippen molar-refractivity contribution in [3.05, 3.63) is 35.4 Å². The average Bonchev–Trinajstić information content (AvgIpc) is 3.51. The Balaban J connectivity index is 1.45. The van der Waals surface area contributed by atoms with Gasteiger partial charge in [0.05, 0.1) is 0 Å². The van der Waals surface area contributed by atoms with Crippen LogP contribution in [0.4, 0.5) is 0 Å². The molecule has 0 aromatic heterocycles. The number of piperazine rings is 1. The Labute approximate surface area is 164 Å². The first kappa shape index (κ1) is 18.9. The fraction of sp³-hybridized carbons (Fsp3) is 0.696. The Hall–Kier alpha value is -1.39. The van der Waals surface area contributed by atoms with Crippen molar-refractivity contribution >= 4 is 5.91 Å². The normalized spacial score (nSPS) is 27.9. The summed E-state index contributed by atoms with van der Waals surface area (Å²) in [6, 6.07) is 8.87. The van der Waals surface area contributed by atoms with Crippen LogP contribution in [-0.2, 0) is 17.8 Å². The second-order valence-electron chi connectivity index (χ2n) is 9.01. The molecule has 4 rings (SSSR count). The van der Waals surface area contributed by atoms with Crippen molar-refractivity contribution in [2.75, 3.05) is 39.8 Å². The zero-order valence-electron chi connectivity index (χ0n) is 17.1. The van der Waals surface area contributed by atoms with E-state index in [2.05, 4.69) is 52.9 Å². The quantitative estimate of drug-likeness (QED) is 0.798. The number of hydrogen-bond acceptors (Lipinski definition) is 3. The van der Waals surface area contributed by atoms with Crippen LogP contribution in [0.5, 0.6) is 0 Å². The lowest BCUT2D eigenvalue weighted by molar-refractivity contribution is -0.131.